The molecule has 0 bridgehead atoms. The number of amides is 1. The van der Waals surface area contributed by atoms with Crippen LogP contribution in [-0.4, -0.2) is 30.1 Å². The molecule has 3 rings (SSSR count). The molecule has 1 amide bonds. The van der Waals surface area contributed by atoms with Crippen LogP contribution in [0.3, 0.4) is 0 Å². The molecule has 6 nitrogen and oxygen atoms in total. The van der Waals surface area contributed by atoms with Crippen molar-refractivity contribution in [1.82, 2.24) is 9.97 Å². The second kappa shape index (κ2) is 8.31. The number of carbonyl (C=O) groups excluding carboxylic acids is 1. The van der Waals surface area contributed by atoms with Crippen molar-refractivity contribution in [3.63, 3.8) is 0 Å². The molecule has 0 saturated carbocycles. The van der Waals surface area contributed by atoms with Crippen molar-refractivity contribution in [3.05, 3.63) is 77.4 Å². The summed E-state index contributed by atoms with van der Waals surface area (Å²) in [7, 11) is 3.11. The van der Waals surface area contributed by atoms with Gasteiger partial charge >= 0.3 is 0 Å². The van der Waals surface area contributed by atoms with Gasteiger partial charge in [0.25, 0.3) is 5.91 Å². The second-order valence-electron chi connectivity index (χ2n) is 5.97. The number of ether oxygens (including phenoxy) is 2. The van der Waals surface area contributed by atoms with Gasteiger partial charge in [0.1, 0.15) is 17.3 Å². The first-order valence-electron chi connectivity index (χ1n) is 8.50. The molecule has 3 aromatic rings. The molecule has 0 unspecified atom stereocenters. The monoisotopic (exact) mass is 363 g/mol. The number of aryl methyl sites for hydroxylation is 1. The van der Waals surface area contributed by atoms with Gasteiger partial charge in [0.2, 0.25) is 0 Å². The molecule has 27 heavy (non-hydrogen) atoms. The van der Waals surface area contributed by atoms with Crippen molar-refractivity contribution in [1.29, 1.82) is 0 Å². The molecule has 0 saturated heterocycles. The average molecular weight is 363 g/mol. The Morgan fingerprint density at radius 2 is 1.85 bits per heavy atom. The van der Waals surface area contributed by atoms with Gasteiger partial charge in [-0.3, -0.25) is 4.79 Å². The Morgan fingerprint density at radius 3 is 2.52 bits per heavy atom. The zero-order chi connectivity index (χ0) is 19.2. The maximum atomic E-state index is 12.7. The lowest BCUT2D eigenvalue weighted by molar-refractivity contribution is 0.102. The Morgan fingerprint density at radius 1 is 1.07 bits per heavy atom. The maximum Gasteiger partial charge on any atom is 0.259 e. The Labute approximate surface area is 158 Å². The fourth-order valence-corrected chi connectivity index (χ4v) is 2.70. The molecule has 1 N–H and O–H groups in total. The minimum Gasteiger partial charge on any atom is -0.497 e. The third kappa shape index (κ3) is 4.41. The second-order valence-corrected chi connectivity index (χ2v) is 5.97. The van der Waals surface area contributed by atoms with E-state index in [-0.39, 0.29) is 5.91 Å². The van der Waals surface area contributed by atoms with Gasteiger partial charge in [0.05, 0.1) is 31.2 Å². The maximum absolute atomic E-state index is 12.7. The molecule has 0 spiro atoms. The highest BCUT2D eigenvalue weighted by Crippen LogP contribution is 2.29. The lowest BCUT2D eigenvalue weighted by Crippen LogP contribution is -2.16. The molecular weight excluding hydrogens is 342 g/mol. The predicted octanol–water partition coefficient (Wildman–Crippen LogP) is 3.65. The summed E-state index contributed by atoms with van der Waals surface area (Å²) in [6.45, 7) is 1.80. The summed E-state index contributed by atoms with van der Waals surface area (Å²) < 4.78 is 10.5. The van der Waals surface area contributed by atoms with E-state index >= 15 is 0 Å². The third-order valence-electron chi connectivity index (χ3n) is 4.13. The van der Waals surface area contributed by atoms with Gasteiger partial charge in [0, 0.05) is 18.7 Å². The van der Waals surface area contributed by atoms with Crippen molar-refractivity contribution in [2.24, 2.45) is 0 Å². The van der Waals surface area contributed by atoms with Gasteiger partial charge in [0.15, 0.2) is 0 Å². The number of carbonyl (C=O) groups is 1. The Hall–Kier alpha value is -3.41. The summed E-state index contributed by atoms with van der Waals surface area (Å²) in [6, 6.07) is 15.2. The molecule has 0 fully saturated rings. The minimum atomic E-state index is -0.301. The number of methoxy groups -OCH3 is 2. The van der Waals surface area contributed by atoms with Crippen molar-refractivity contribution < 1.29 is 14.3 Å². The van der Waals surface area contributed by atoms with Gasteiger partial charge in [-0.15, -0.1) is 0 Å². The Kier molecular flexibility index (Phi) is 5.66. The first-order valence-corrected chi connectivity index (χ1v) is 8.50. The van der Waals surface area contributed by atoms with Crippen molar-refractivity contribution in [3.8, 4) is 11.5 Å². The van der Waals surface area contributed by atoms with E-state index in [9.17, 15) is 4.79 Å². The van der Waals surface area contributed by atoms with Crippen LogP contribution in [0, 0.1) is 6.92 Å². The first kappa shape index (κ1) is 18.4. The van der Waals surface area contributed by atoms with E-state index in [0.29, 0.717) is 40.7 Å². The number of nitrogens with zero attached hydrogens (tertiary/aromatic N) is 2. The van der Waals surface area contributed by atoms with Crippen molar-refractivity contribution >= 4 is 11.6 Å². The van der Waals surface area contributed by atoms with Crippen LogP contribution in [0.1, 0.15) is 27.4 Å². The number of rotatable bonds is 6. The van der Waals surface area contributed by atoms with Gasteiger partial charge in [-0.2, -0.15) is 0 Å². The van der Waals surface area contributed by atoms with Gasteiger partial charge in [-0.05, 0) is 24.6 Å². The van der Waals surface area contributed by atoms with Crippen LogP contribution in [0.2, 0.25) is 0 Å². The number of hydrogen-bond donors (Lipinski definition) is 1. The van der Waals surface area contributed by atoms with E-state index in [2.05, 4.69) is 15.3 Å². The van der Waals surface area contributed by atoms with Crippen LogP contribution in [-0.2, 0) is 6.42 Å². The Bertz CT molecular complexity index is 943. The normalized spacial score (nSPS) is 10.3. The molecule has 0 aliphatic rings. The summed E-state index contributed by atoms with van der Waals surface area (Å²) >= 11 is 0. The van der Waals surface area contributed by atoms with E-state index in [1.165, 1.54) is 0 Å². The van der Waals surface area contributed by atoms with Gasteiger partial charge in [-0.1, -0.05) is 30.3 Å². The van der Waals surface area contributed by atoms with Crippen LogP contribution < -0.4 is 14.8 Å². The summed E-state index contributed by atoms with van der Waals surface area (Å²) in [5.41, 5.74) is 2.68. The highest BCUT2D eigenvalue weighted by atomic mass is 16.5. The van der Waals surface area contributed by atoms with E-state index in [1.807, 2.05) is 30.3 Å². The zero-order valence-electron chi connectivity index (χ0n) is 15.5. The van der Waals surface area contributed by atoms with Crippen LogP contribution in [0.15, 0.2) is 54.7 Å². The fraction of sp³-hybridized carbons (Fsp3) is 0.190. The fourth-order valence-electron chi connectivity index (χ4n) is 2.70. The number of benzene rings is 2. The number of nitrogens with one attached hydrogen (secondary N) is 1. The highest BCUT2D eigenvalue weighted by molar-refractivity contribution is 6.05. The van der Waals surface area contributed by atoms with Crippen LogP contribution in [0.4, 0.5) is 5.69 Å². The topological polar surface area (TPSA) is 73.3 Å². The quantitative estimate of drug-likeness (QED) is 0.724. The molecule has 2 aromatic carbocycles. The van der Waals surface area contributed by atoms with Crippen LogP contribution in [0.25, 0.3) is 0 Å². The van der Waals surface area contributed by atoms with E-state index < -0.39 is 0 Å². The van der Waals surface area contributed by atoms with E-state index in [4.69, 9.17) is 9.47 Å². The molecule has 0 radical (unpaired) electrons. The van der Waals surface area contributed by atoms with Crippen molar-refractivity contribution in [2.45, 2.75) is 13.3 Å². The molecule has 6 heteroatoms. The number of aromatic nitrogens is 2. The van der Waals surface area contributed by atoms with Crippen LogP contribution >= 0.6 is 0 Å². The summed E-state index contributed by atoms with van der Waals surface area (Å²) in [4.78, 5) is 21.5. The van der Waals surface area contributed by atoms with Crippen molar-refractivity contribution in [2.75, 3.05) is 19.5 Å². The lowest BCUT2D eigenvalue weighted by Gasteiger charge is -2.12. The summed E-state index contributed by atoms with van der Waals surface area (Å²) in [5, 5.41) is 2.84. The summed E-state index contributed by atoms with van der Waals surface area (Å²) in [5.74, 6) is 1.54. The Balaban J connectivity index is 1.79. The third-order valence-corrected chi connectivity index (χ3v) is 4.13. The number of hydrogen-bond acceptors (Lipinski definition) is 5. The molecule has 138 valence electrons. The average Bonchev–Trinajstić information content (AvgIpc) is 2.68. The lowest BCUT2D eigenvalue weighted by atomic mass is 10.1. The largest absolute Gasteiger partial charge is 0.497 e. The molecular formula is C21H21N3O3. The first-order chi connectivity index (χ1) is 13.1. The molecule has 0 aliphatic carbocycles. The van der Waals surface area contributed by atoms with E-state index in [1.54, 1.807) is 45.5 Å². The van der Waals surface area contributed by atoms with Crippen LogP contribution in [0.5, 0.6) is 11.5 Å². The SMILES string of the molecule is COc1ccc(OC)c(NC(=O)c2cnc(Cc3ccccc3)nc2C)c1. The smallest absolute Gasteiger partial charge is 0.259 e. The molecule has 0 atom stereocenters. The molecule has 1 aromatic heterocycles. The number of anilines is 1. The van der Waals surface area contributed by atoms with E-state index in [0.717, 1.165) is 5.56 Å². The van der Waals surface area contributed by atoms with Gasteiger partial charge < -0.3 is 14.8 Å². The predicted molar refractivity (Wildman–Crippen MR) is 104 cm³/mol. The standard InChI is InChI=1S/C21H21N3O3/c1-14-17(13-22-20(23-14)11-15-7-5-4-6-8-15)21(25)24-18-12-16(26-2)9-10-19(18)27-3/h4-10,12-13H,11H2,1-3H3,(H,24,25). The minimum absolute atomic E-state index is 0.301. The highest BCUT2D eigenvalue weighted by Gasteiger charge is 2.15. The zero-order valence-corrected chi connectivity index (χ0v) is 15.5. The summed E-state index contributed by atoms with van der Waals surface area (Å²) in [6.07, 6.45) is 2.18. The molecule has 0 aliphatic heterocycles. The van der Waals surface area contributed by atoms with Gasteiger partial charge in [-0.25, -0.2) is 9.97 Å². The molecule has 1 heterocycles.